The Morgan fingerprint density at radius 1 is 1.65 bits per heavy atom. The van der Waals surface area contributed by atoms with E-state index in [9.17, 15) is 4.79 Å². The zero-order valence-corrected chi connectivity index (χ0v) is 10.5. The maximum atomic E-state index is 11.5. The summed E-state index contributed by atoms with van der Waals surface area (Å²) in [4.78, 5) is 11.5. The number of carbonyl (C=O) groups is 1. The van der Waals surface area contributed by atoms with E-state index in [4.69, 9.17) is 5.73 Å². The lowest BCUT2D eigenvalue weighted by Crippen LogP contribution is -2.27. The number of hydrogen-bond acceptors (Lipinski definition) is 4. The molecule has 6 heteroatoms. The van der Waals surface area contributed by atoms with Crippen molar-refractivity contribution < 1.29 is 4.79 Å². The molecule has 1 amide bonds. The van der Waals surface area contributed by atoms with Crippen molar-refractivity contribution in [3.8, 4) is 0 Å². The molecule has 1 aromatic heterocycles. The van der Waals surface area contributed by atoms with Gasteiger partial charge in [0.25, 0.3) is 0 Å². The fourth-order valence-electron chi connectivity index (χ4n) is 1.43. The average Bonchev–Trinajstić information content (AvgIpc) is 2.72. The van der Waals surface area contributed by atoms with Gasteiger partial charge in [-0.3, -0.25) is 4.79 Å². The Morgan fingerprint density at radius 3 is 3.00 bits per heavy atom. The molecule has 0 bridgehead atoms. The van der Waals surface area contributed by atoms with Gasteiger partial charge in [-0.05, 0) is 18.9 Å². The second-order valence-electron chi connectivity index (χ2n) is 4.34. The van der Waals surface area contributed by atoms with Gasteiger partial charge < -0.3 is 15.6 Å². The summed E-state index contributed by atoms with van der Waals surface area (Å²) in [6.45, 7) is 3.28. The molecule has 0 spiro atoms. The normalized spacial score (nSPS) is 12.4. The highest BCUT2D eigenvalue weighted by Crippen LogP contribution is 2.02. The van der Waals surface area contributed by atoms with Crippen LogP contribution in [0, 0.1) is 5.92 Å². The van der Waals surface area contributed by atoms with Crippen LogP contribution < -0.4 is 11.1 Å². The van der Waals surface area contributed by atoms with Gasteiger partial charge in [-0.2, -0.15) is 0 Å². The fourth-order valence-corrected chi connectivity index (χ4v) is 1.43. The van der Waals surface area contributed by atoms with Gasteiger partial charge in [0.1, 0.15) is 12.2 Å². The third-order valence-electron chi connectivity index (χ3n) is 2.74. The second-order valence-corrected chi connectivity index (χ2v) is 4.34. The maximum absolute atomic E-state index is 11.5. The number of carbonyl (C=O) groups excluding carboxylic acids is 1. The summed E-state index contributed by atoms with van der Waals surface area (Å²) < 4.78 is 1.85. The lowest BCUT2D eigenvalue weighted by molar-refractivity contribution is -0.121. The molecule has 0 radical (unpaired) electrons. The van der Waals surface area contributed by atoms with Crippen molar-refractivity contribution in [3.05, 3.63) is 12.2 Å². The number of hydrogen-bond donors (Lipinski definition) is 2. The summed E-state index contributed by atoms with van der Waals surface area (Å²) >= 11 is 0. The molecule has 3 N–H and O–H groups in total. The summed E-state index contributed by atoms with van der Waals surface area (Å²) in [5.74, 6) is 1.35. The monoisotopic (exact) mass is 239 g/mol. The van der Waals surface area contributed by atoms with E-state index in [2.05, 4.69) is 15.5 Å². The summed E-state index contributed by atoms with van der Waals surface area (Å²) in [5.41, 5.74) is 5.49. The molecular weight excluding hydrogens is 218 g/mol. The fraction of sp³-hybridized carbons (Fsp3) is 0.727. The zero-order chi connectivity index (χ0) is 12.7. The van der Waals surface area contributed by atoms with Gasteiger partial charge in [-0.1, -0.05) is 6.92 Å². The van der Waals surface area contributed by atoms with E-state index in [-0.39, 0.29) is 5.91 Å². The van der Waals surface area contributed by atoms with Crippen LogP contribution in [0.25, 0.3) is 0 Å². The van der Waals surface area contributed by atoms with Crippen molar-refractivity contribution in [3.63, 3.8) is 0 Å². The number of nitrogens with two attached hydrogens (primary N) is 1. The van der Waals surface area contributed by atoms with Gasteiger partial charge in [0.2, 0.25) is 5.91 Å². The van der Waals surface area contributed by atoms with Crippen LogP contribution in [0.1, 0.15) is 25.6 Å². The molecule has 0 aliphatic carbocycles. The van der Waals surface area contributed by atoms with Gasteiger partial charge in [0, 0.05) is 26.4 Å². The van der Waals surface area contributed by atoms with Crippen LogP contribution in [0.4, 0.5) is 0 Å². The molecule has 1 heterocycles. The molecule has 0 aromatic carbocycles. The van der Waals surface area contributed by atoms with Gasteiger partial charge in [-0.15, -0.1) is 10.2 Å². The van der Waals surface area contributed by atoms with E-state index < -0.39 is 0 Å². The highest BCUT2D eigenvalue weighted by molar-refractivity contribution is 5.75. The van der Waals surface area contributed by atoms with Crippen molar-refractivity contribution in [2.75, 3.05) is 13.1 Å². The maximum Gasteiger partial charge on any atom is 0.220 e. The van der Waals surface area contributed by atoms with E-state index in [0.29, 0.717) is 31.8 Å². The predicted octanol–water partition coefficient (Wildman–Crippen LogP) is -0.151. The van der Waals surface area contributed by atoms with E-state index in [1.54, 1.807) is 6.33 Å². The van der Waals surface area contributed by atoms with E-state index in [1.165, 1.54) is 0 Å². The first-order valence-electron chi connectivity index (χ1n) is 5.93. The van der Waals surface area contributed by atoms with Gasteiger partial charge in [-0.25, -0.2) is 0 Å². The van der Waals surface area contributed by atoms with Crippen LogP contribution >= 0.6 is 0 Å². The second kappa shape index (κ2) is 7.01. The van der Waals surface area contributed by atoms with Crippen molar-refractivity contribution in [1.29, 1.82) is 0 Å². The lowest BCUT2D eigenvalue weighted by Gasteiger charge is -2.08. The molecule has 1 rings (SSSR count). The molecule has 17 heavy (non-hydrogen) atoms. The Kier molecular flexibility index (Phi) is 5.62. The smallest absolute Gasteiger partial charge is 0.220 e. The number of rotatable bonds is 7. The van der Waals surface area contributed by atoms with Crippen LogP contribution in [-0.4, -0.2) is 33.8 Å². The Hall–Kier alpha value is -1.43. The quantitative estimate of drug-likeness (QED) is 0.693. The van der Waals surface area contributed by atoms with Crippen molar-refractivity contribution in [2.24, 2.45) is 18.7 Å². The molecule has 0 fully saturated rings. The van der Waals surface area contributed by atoms with Crippen molar-refractivity contribution in [2.45, 2.75) is 26.2 Å². The first-order valence-corrected chi connectivity index (χ1v) is 5.93. The summed E-state index contributed by atoms with van der Waals surface area (Å²) in [6, 6.07) is 0. The molecule has 0 saturated heterocycles. The molecule has 96 valence electrons. The minimum absolute atomic E-state index is 0.0764. The Bertz CT molecular complexity index is 349. The van der Waals surface area contributed by atoms with Crippen LogP contribution in [0.15, 0.2) is 6.33 Å². The van der Waals surface area contributed by atoms with Crippen molar-refractivity contribution >= 4 is 5.91 Å². The largest absolute Gasteiger partial charge is 0.356 e. The number of nitrogens with one attached hydrogen (secondary N) is 1. The minimum atomic E-state index is 0.0764. The molecule has 6 nitrogen and oxygen atoms in total. The molecule has 0 aliphatic heterocycles. The van der Waals surface area contributed by atoms with Crippen LogP contribution in [0.5, 0.6) is 0 Å². The molecule has 1 unspecified atom stereocenters. The van der Waals surface area contributed by atoms with Gasteiger partial charge >= 0.3 is 0 Å². The van der Waals surface area contributed by atoms with Crippen molar-refractivity contribution in [1.82, 2.24) is 20.1 Å². The molecule has 1 atom stereocenters. The van der Waals surface area contributed by atoms with E-state index >= 15 is 0 Å². The summed E-state index contributed by atoms with van der Waals surface area (Å²) in [5, 5.41) is 10.6. The summed E-state index contributed by atoms with van der Waals surface area (Å²) in [7, 11) is 1.89. The Balaban J connectivity index is 2.14. The number of aryl methyl sites for hydroxylation is 1. The molecule has 0 aliphatic rings. The highest BCUT2D eigenvalue weighted by atomic mass is 16.1. The number of aromatic nitrogens is 3. The zero-order valence-electron chi connectivity index (χ0n) is 10.5. The van der Waals surface area contributed by atoms with Gasteiger partial charge in [0.05, 0.1) is 0 Å². The predicted molar refractivity (Wildman–Crippen MR) is 65.2 cm³/mol. The topological polar surface area (TPSA) is 85.8 Å². The molecule has 0 saturated carbocycles. The Morgan fingerprint density at radius 2 is 2.41 bits per heavy atom. The lowest BCUT2D eigenvalue weighted by atomic mass is 10.1. The van der Waals surface area contributed by atoms with E-state index in [1.807, 2.05) is 18.5 Å². The standard InChI is InChI=1S/C11H21N5O/c1-9(7-12)3-4-11(17)13-6-5-10-15-14-8-16(10)2/h8-9H,3-7,12H2,1-2H3,(H,13,17). The Labute approximate surface area is 102 Å². The van der Waals surface area contributed by atoms with Gasteiger partial charge in [0.15, 0.2) is 0 Å². The molecular formula is C11H21N5O. The highest BCUT2D eigenvalue weighted by Gasteiger charge is 2.06. The van der Waals surface area contributed by atoms with Crippen LogP contribution in [-0.2, 0) is 18.3 Å². The number of nitrogens with zero attached hydrogens (tertiary/aromatic N) is 3. The molecule has 1 aromatic rings. The minimum Gasteiger partial charge on any atom is -0.356 e. The average molecular weight is 239 g/mol. The summed E-state index contributed by atoms with van der Waals surface area (Å²) in [6.07, 6.45) is 3.73. The first kappa shape index (κ1) is 13.6. The van der Waals surface area contributed by atoms with Crippen LogP contribution in [0.2, 0.25) is 0 Å². The number of amides is 1. The third-order valence-corrected chi connectivity index (χ3v) is 2.74. The van der Waals surface area contributed by atoms with Crippen LogP contribution in [0.3, 0.4) is 0 Å². The third kappa shape index (κ3) is 4.95. The first-order chi connectivity index (χ1) is 8.13. The van der Waals surface area contributed by atoms with E-state index in [0.717, 1.165) is 12.2 Å². The SMILES string of the molecule is CC(CN)CCC(=O)NCCc1nncn1C.